The Hall–Kier alpha value is -3.07. The molecule has 9 heteroatoms. The summed E-state index contributed by atoms with van der Waals surface area (Å²) in [5.41, 5.74) is 0.735. The van der Waals surface area contributed by atoms with E-state index in [1.54, 1.807) is 18.2 Å². The van der Waals surface area contributed by atoms with Crippen molar-refractivity contribution in [1.82, 2.24) is 4.90 Å². The fourth-order valence-electron chi connectivity index (χ4n) is 2.93. The van der Waals surface area contributed by atoms with E-state index < -0.39 is 28.3 Å². The Morgan fingerprint density at radius 3 is 2.26 bits per heavy atom. The molecule has 0 unspecified atom stereocenters. The predicted molar refractivity (Wildman–Crippen MR) is 115 cm³/mol. The van der Waals surface area contributed by atoms with Crippen molar-refractivity contribution in [1.29, 1.82) is 0 Å². The van der Waals surface area contributed by atoms with E-state index in [0.717, 1.165) is 5.56 Å². The highest BCUT2D eigenvalue weighted by atomic mass is 32.2. The molecule has 0 aliphatic carbocycles. The number of likely N-dealkylation sites (N-methyl/N-ethyl adjacent to an activating group) is 1. The minimum atomic E-state index is -3.60. The van der Waals surface area contributed by atoms with Gasteiger partial charge in [0.05, 0.1) is 30.4 Å². The van der Waals surface area contributed by atoms with E-state index in [-0.39, 0.29) is 22.8 Å². The number of sulfone groups is 1. The molecule has 8 nitrogen and oxygen atoms in total. The van der Waals surface area contributed by atoms with E-state index in [9.17, 15) is 18.0 Å². The molecule has 0 fully saturated rings. The first-order valence-electron chi connectivity index (χ1n) is 9.74. The van der Waals surface area contributed by atoms with Crippen LogP contribution in [0.2, 0.25) is 0 Å². The minimum Gasteiger partial charge on any atom is -0.493 e. The van der Waals surface area contributed by atoms with Crippen molar-refractivity contribution in [2.75, 3.05) is 33.1 Å². The third-order valence-corrected chi connectivity index (χ3v) is 6.49. The molecule has 0 aliphatic heterocycles. The molecule has 0 heterocycles. The summed E-state index contributed by atoms with van der Waals surface area (Å²) in [6.45, 7) is 3.48. The van der Waals surface area contributed by atoms with Crippen LogP contribution in [0.5, 0.6) is 11.5 Å². The van der Waals surface area contributed by atoms with Crippen LogP contribution in [-0.4, -0.2) is 58.3 Å². The van der Waals surface area contributed by atoms with Gasteiger partial charge in [-0.3, -0.25) is 4.79 Å². The third kappa shape index (κ3) is 5.97. The number of hydrogen-bond donors (Lipinski definition) is 0. The van der Waals surface area contributed by atoms with E-state index in [2.05, 4.69) is 0 Å². The SMILES string of the molecule is CCN(Cc1ccc(OC)c(OC)c1)C(=O)COC(=O)c1ccccc1S(=O)(=O)CC. The standard InChI is InChI=1S/C22H27NO7S/c1-5-23(14-16-11-12-18(28-3)19(13-16)29-4)21(24)15-30-22(25)17-9-7-8-10-20(17)31(26,27)6-2/h7-13H,5-6,14-15H2,1-4H3. The van der Waals surface area contributed by atoms with E-state index in [0.29, 0.717) is 18.0 Å². The smallest absolute Gasteiger partial charge is 0.339 e. The van der Waals surface area contributed by atoms with Crippen molar-refractivity contribution in [3.63, 3.8) is 0 Å². The molecule has 0 N–H and O–H groups in total. The molecule has 2 aromatic carbocycles. The molecule has 0 saturated heterocycles. The van der Waals surface area contributed by atoms with Crippen LogP contribution in [0.25, 0.3) is 0 Å². The zero-order chi connectivity index (χ0) is 23.0. The second kappa shape index (κ2) is 10.8. The van der Waals surface area contributed by atoms with Gasteiger partial charge in [0.15, 0.2) is 27.9 Å². The first kappa shape index (κ1) is 24.2. The van der Waals surface area contributed by atoms with Gasteiger partial charge in [-0.1, -0.05) is 25.1 Å². The van der Waals surface area contributed by atoms with Gasteiger partial charge in [0.2, 0.25) is 0 Å². The monoisotopic (exact) mass is 449 g/mol. The number of methoxy groups -OCH3 is 2. The van der Waals surface area contributed by atoms with Gasteiger partial charge in [0.25, 0.3) is 5.91 Å². The first-order chi connectivity index (χ1) is 14.8. The number of nitrogens with zero attached hydrogens (tertiary/aromatic N) is 1. The Bertz CT molecular complexity index is 1030. The van der Waals surface area contributed by atoms with Gasteiger partial charge in [0.1, 0.15) is 0 Å². The third-order valence-electron chi connectivity index (χ3n) is 4.70. The molecular formula is C22H27NO7S. The van der Waals surface area contributed by atoms with E-state index in [4.69, 9.17) is 14.2 Å². The average Bonchev–Trinajstić information content (AvgIpc) is 2.80. The molecule has 0 spiro atoms. The van der Waals surface area contributed by atoms with Crippen LogP contribution in [0.1, 0.15) is 29.8 Å². The van der Waals surface area contributed by atoms with Gasteiger partial charge in [-0.2, -0.15) is 0 Å². The number of amides is 1. The van der Waals surface area contributed by atoms with Crippen molar-refractivity contribution in [2.45, 2.75) is 25.3 Å². The lowest BCUT2D eigenvalue weighted by molar-refractivity contribution is -0.134. The second-order valence-electron chi connectivity index (χ2n) is 6.57. The Morgan fingerprint density at radius 1 is 0.968 bits per heavy atom. The van der Waals surface area contributed by atoms with Crippen molar-refractivity contribution in [2.24, 2.45) is 0 Å². The average molecular weight is 450 g/mol. The Kier molecular flexibility index (Phi) is 8.44. The first-order valence-corrected chi connectivity index (χ1v) is 11.4. The van der Waals surface area contributed by atoms with Crippen LogP contribution in [0.15, 0.2) is 47.4 Å². The largest absolute Gasteiger partial charge is 0.493 e. The molecule has 2 aromatic rings. The highest BCUT2D eigenvalue weighted by molar-refractivity contribution is 7.91. The maximum atomic E-state index is 12.6. The van der Waals surface area contributed by atoms with E-state index in [1.807, 2.05) is 13.0 Å². The lowest BCUT2D eigenvalue weighted by Crippen LogP contribution is -2.34. The molecule has 0 aliphatic rings. The molecule has 1 amide bonds. The number of hydrogen-bond acceptors (Lipinski definition) is 7. The van der Waals surface area contributed by atoms with E-state index >= 15 is 0 Å². The van der Waals surface area contributed by atoms with Crippen molar-refractivity contribution >= 4 is 21.7 Å². The lowest BCUT2D eigenvalue weighted by Gasteiger charge is -2.21. The summed E-state index contributed by atoms with van der Waals surface area (Å²) < 4.78 is 40.1. The summed E-state index contributed by atoms with van der Waals surface area (Å²) in [7, 11) is -0.537. The number of carbonyl (C=O) groups is 2. The number of carbonyl (C=O) groups excluding carboxylic acids is 2. The fraction of sp³-hybridized carbons (Fsp3) is 0.364. The quantitative estimate of drug-likeness (QED) is 0.514. The Labute approximate surface area is 182 Å². The minimum absolute atomic E-state index is 0.0833. The molecule has 0 atom stereocenters. The Morgan fingerprint density at radius 2 is 1.65 bits per heavy atom. The van der Waals surface area contributed by atoms with Gasteiger partial charge in [-0.05, 0) is 36.8 Å². The molecule has 168 valence electrons. The van der Waals surface area contributed by atoms with Crippen LogP contribution in [0.3, 0.4) is 0 Å². The summed E-state index contributed by atoms with van der Waals surface area (Å²) in [4.78, 5) is 26.5. The van der Waals surface area contributed by atoms with Gasteiger partial charge < -0.3 is 19.1 Å². The molecule has 0 aromatic heterocycles. The predicted octanol–water partition coefficient (Wildman–Crippen LogP) is 2.70. The zero-order valence-electron chi connectivity index (χ0n) is 18.1. The van der Waals surface area contributed by atoms with Crippen LogP contribution >= 0.6 is 0 Å². The number of benzene rings is 2. The Balaban J connectivity index is 2.09. The number of ether oxygens (including phenoxy) is 3. The van der Waals surface area contributed by atoms with Gasteiger partial charge in [0, 0.05) is 13.1 Å². The van der Waals surface area contributed by atoms with Crippen molar-refractivity contribution < 1.29 is 32.2 Å². The van der Waals surface area contributed by atoms with Crippen molar-refractivity contribution in [3.05, 3.63) is 53.6 Å². The second-order valence-corrected chi connectivity index (χ2v) is 8.82. The summed E-state index contributed by atoms with van der Waals surface area (Å²) >= 11 is 0. The molecule has 0 bridgehead atoms. The van der Waals surface area contributed by atoms with Crippen LogP contribution in [0, 0.1) is 0 Å². The molecule has 0 saturated carbocycles. The highest BCUT2D eigenvalue weighted by Crippen LogP contribution is 2.28. The molecule has 31 heavy (non-hydrogen) atoms. The maximum absolute atomic E-state index is 12.6. The molecule has 0 radical (unpaired) electrons. The summed E-state index contributed by atoms with van der Waals surface area (Å²) in [6.07, 6.45) is 0. The van der Waals surface area contributed by atoms with Gasteiger partial charge in [-0.25, -0.2) is 13.2 Å². The maximum Gasteiger partial charge on any atom is 0.339 e. The topological polar surface area (TPSA) is 99.2 Å². The van der Waals surface area contributed by atoms with Crippen LogP contribution in [0.4, 0.5) is 0 Å². The van der Waals surface area contributed by atoms with Gasteiger partial charge >= 0.3 is 5.97 Å². The molecular weight excluding hydrogens is 422 g/mol. The highest BCUT2D eigenvalue weighted by Gasteiger charge is 2.23. The zero-order valence-corrected chi connectivity index (χ0v) is 18.9. The van der Waals surface area contributed by atoms with Crippen LogP contribution < -0.4 is 9.47 Å². The van der Waals surface area contributed by atoms with Gasteiger partial charge in [-0.15, -0.1) is 0 Å². The lowest BCUT2D eigenvalue weighted by atomic mass is 10.2. The van der Waals surface area contributed by atoms with Crippen LogP contribution in [-0.2, 0) is 25.9 Å². The summed E-state index contributed by atoms with van der Waals surface area (Å²) in [5.74, 6) is -0.283. The number of rotatable bonds is 10. The molecule has 2 rings (SSSR count). The van der Waals surface area contributed by atoms with Crippen molar-refractivity contribution in [3.8, 4) is 11.5 Å². The normalized spacial score (nSPS) is 11.0. The summed E-state index contributed by atoms with van der Waals surface area (Å²) in [6, 6.07) is 11.1. The number of esters is 1. The fourth-order valence-corrected chi connectivity index (χ4v) is 4.02. The van der Waals surface area contributed by atoms with E-state index in [1.165, 1.54) is 44.2 Å². The summed E-state index contributed by atoms with van der Waals surface area (Å²) in [5, 5.41) is 0.